The highest BCUT2D eigenvalue weighted by molar-refractivity contribution is 5.92. The second-order valence-electron chi connectivity index (χ2n) is 4.29. The van der Waals surface area contributed by atoms with Gasteiger partial charge in [0.2, 0.25) is 5.91 Å². The maximum Gasteiger partial charge on any atom is 0.227 e. The van der Waals surface area contributed by atoms with Gasteiger partial charge in [-0.25, -0.2) is 0 Å². The molecule has 0 atom stereocenters. The lowest BCUT2D eigenvalue weighted by Gasteiger charge is -2.17. The van der Waals surface area contributed by atoms with Crippen LogP contribution in [0.5, 0.6) is 0 Å². The fourth-order valence-electron chi connectivity index (χ4n) is 1.78. The van der Waals surface area contributed by atoms with E-state index >= 15 is 0 Å². The molecule has 0 bridgehead atoms. The average Bonchev–Trinajstić information content (AvgIpc) is 2.96. The van der Waals surface area contributed by atoms with Crippen LogP contribution in [0.2, 0.25) is 0 Å². The number of rotatable bonds is 6. The minimum atomic E-state index is 0.0955. The first-order valence-electron chi connectivity index (χ1n) is 6.32. The molecule has 1 heterocycles. The Morgan fingerprint density at radius 1 is 1.21 bits per heavy atom. The zero-order chi connectivity index (χ0) is 13.5. The van der Waals surface area contributed by atoms with Crippen LogP contribution in [0.4, 0.5) is 5.69 Å². The third kappa shape index (κ3) is 3.96. The number of furan rings is 1. The van der Waals surface area contributed by atoms with Gasteiger partial charge in [0, 0.05) is 25.7 Å². The molecule has 0 aliphatic carbocycles. The first-order valence-corrected chi connectivity index (χ1v) is 6.32. The second-order valence-corrected chi connectivity index (χ2v) is 4.29. The highest BCUT2D eigenvalue weighted by atomic mass is 16.3. The molecule has 0 radical (unpaired) electrons. The van der Waals surface area contributed by atoms with Crippen molar-refractivity contribution in [2.24, 2.45) is 0 Å². The number of carbonyl (C=O) groups is 1. The number of benzene rings is 1. The van der Waals surface area contributed by atoms with E-state index < -0.39 is 0 Å². The number of hydrogen-bond acceptors (Lipinski definition) is 3. The minimum absolute atomic E-state index is 0.0955. The van der Waals surface area contributed by atoms with E-state index in [1.165, 1.54) is 0 Å². The number of hydrogen-bond donors (Lipinski definition) is 1. The van der Waals surface area contributed by atoms with Crippen molar-refractivity contribution >= 4 is 11.6 Å². The van der Waals surface area contributed by atoms with Crippen LogP contribution in [-0.2, 0) is 11.3 Å². The maximum atomic E-state index is 12.0. The molecule has 19 heavy (non-hydrogen) atoms. The number of carbonyl (C=O) groups excluding carboxylic acids is 1. The first-order chi connectivity index (χ1) is 9.27. The molecule has 100 valence electrons. The third-order valence-electron chi connectivity index (χ3n) is 2.91. The van der Waals surface area contributed by atoms with Crippen molar-refractivity contribution in [1.29, 1.82) is 0 Å². The van der Waals surface area contributed by atoms with Gasteiger partial charge in [-0.15, -0.1) is 0 Å². The SMILES string of the molecule is CN(C(=O)CCNCc1ccco1)c1ccccc1. The van der Waals surface area contributed by atoms with Crippen molar-refractivity contribution in [3.05, 3.63) is 54.5 Å². The van der Waals surface area contributed by atoms with Gasteiger partial charge in [-0.05, 0) is 24.3 Å². The van der Waals surface area contributed by atoms with Crippen LogP contribution >= 0.6 is 0 Å². The second kappa shape index (κ2) is 6.75. The molecule has 0 saturated heterocycles. The molecule has 4 heteroatoms. The predicted molar refractivity (Wildman–Crippen MR) is 74.9 cm³/mol. The Morgan fingerprint density at radius 3 is 2.68 bits per heavy atom. The van der Waals surface area contributed by atoms with Crippen LogP contribution in [0.3, 0.4) is 0 Å². The van der Waals surface area contributed by atoms with Gasteiger partial charge in [-0.2, -0.15) is 0 Å². The van der Waals surface area contributed by atoms with Crippen molar-refractivity contribution in [2.75, 3.05) is 18.5 Å². The molecule has 1 N–H and O–H groups in total. The molecule has 0 unspecified atom stereocenters. The summed E-state index contributed by atoms with van der Waals surface area (Å²) in [6.45, 7) is 1.28. The highest BCUT2D eigenvalue weighted by Crippen LogP contribution is 2.11. The monoisotopic (exact) mass is 258 g/mol. The molecule has 0 aliphatic rings. The van der Waals surface area contributed by atoms with Gasteiger partial charge in [0.25, 0.3) is 0 Å². The van der Waals surface area contributed by atoms with Crippen molar-refractivity contribution < 1.29 is 9.21 Å². The number of amides is 1. The molecule has 1 amide bonds. The normalized spacial score (nSPS) is 10.4. The van der Waals surface area contributed by atoms with Crippen LogP contribution in [0.15, 0.2) is 53.1 Å². The Labute approximate surface area is 113 Å². The van der Waals surface area contributed by atoms with E-state index in [9.17, 15) is 4.79 Å². The quantitative estimate of drug-likeness (QED) is 0.809. The molecule has 0 aliphatic heterocycles. The zero-order valence-electron chi connectivity index (χ0n) is 11.0. The van der Waals surface area contributed by atoms with Gasteiger partial charge in [-0.3, -0.25) is 4.79 Å². The molecule has 1 aromatic carbocycles. The van der Waals surface area contributed by atoms with E-state index in [-0.39, 0.29) is 5.91 Å². The van der Waals surface area contributed by atoms with Gasteiger partial charge in [0.15, 0.2) is 0 Å². The topological polar surface area (TPSA) is 45.5 Å². The lowest BCUT2D eigenvalue weighted by atomic mass is 10.2. The van der Waals surface area contributed by atoms with Gasteiger partial charge >= 0.3 is 0 Å². The Kier molecular flexibility index (Phi) is 4.75. The number of anilines is 1. The van der Waals surface area contributed by atoms with Crippen molar-refractivity contribution in [2.45, 2.75) is 13.0 Å². The van der Waals surface area contributed by atoms with Crippen LogP contribution in [0, 0.1) is 0 Å². The highest BCUT2D eigenvalue weighted by Gasteiger charge is 2.09. The summed E-state index contributed by atoms with van der Waals surface area (Å²) >= 11 is 0. The van der Waals surface area contributed by atoms with Crippen molar-refractivity contribution in [1.82, 2.24) is 5.32 Å². The van der Waals surface area contributed by atoms with Gasteiger partial charge < -0.3 is 14.6 Å². The van der Waals surface area contributed by atoms with E-state index in [1.54, 1.807) is 18.2 Å². The van der Waals surface area contributed by atoms with Crippen molar-refractivity contribution in [3.63, 3.8) is 0 Å². The summed E-state index contributed by atoms with van der Waals surface area (Å²) in [7, 11) is 1.80. The largest absolute Gasteiger partial charge is 0.468 e. The predicted octanol–water partition coefficient (Wildman–Crippen LogP) is 2.42. The molecule has 0 saturated carbocycles. The van der Waals surface area contributed by atoms with Crippen molar-refractivity contribution in [3.8, 4) is 0 Å². The Bertz CT molecular complexity index is 494. The van der Waals surface area contributed by atoms with E-state index in [2.05, 4.69) is 5.32 Å². The molecule has 1 aromatic heterocycles. The number of para-hydroxylation sites is 1. The van der Waals surface area contributed by atoms with Crippen LogP contribution < -0.4 is 10.2 Å². The Balaban J connectivity index is 1.72. The zero-order valence-corrected chi connectivity index (χ0v) is 11.0. The number of nitrogens with one attached hydrogen (secondary N) is 1. The van der Waals surface area contributed by atoms with Gasteiger partial charge in [-0.1, -0.05) is 18.2 Å². The summed E-state index contributed by atoms with van der Waals surface area (Å²) in [6.07, 6.45) is 2.11. The molecule has 0 fully saturated rings. The van der Waals surface area contributed by atoms with E-state index in [0.717, 1.165) is 11.4 Å². The lowest BCUT2D eigenvalue weighted by Crippen LogP contribution is -2.29. The fourth-order valence-corrected chi connectivity index (χ4v) is 1.78. The molecule has 0 spiro atoms. The standard InChI is InChI=1S/C15H18N2O2/c1-17(13-6-3-2-4-7-13)15(18)9-10-16-12-14-8-5-11-19-14/h2-8,11,16H,9-10,12H2,1H3. The number of nitrogens with zero attached hydrogens (tertiary/aromatic N) is 1. The summed E-state index contributed by atoms with van der Waals surface area (Å²) < 4.78 is 5.20. The molecule has 2 rings (SSSR count). The molecular formula is C15H18N2O2. The van der Waals surface area contributed by atoms with Gasteiger partial charge in [0.05, 0.1) is 12.8 Å². The summed E-state index contributed by atoms with van der Waals surface area (Å²) in [6, 6.07) is 13.4. The summed E-state index contributed by atoms with van der Waals surface area (Å²) in [4.78, 5) is 13.6. The molecule has 4 nitrogen and oxygen atoms in total. The van der Waals surface area contributed by atoms with E-state index in [4.69, 9.17) is 4.42 Å². The van der Waals surface area contributed by atoms with Gasteiger partial charge in [0.1, 0.15) is 5.76 Å². The maximum absolute atomic E-state index is 12.0. The summed E-state index contributed by atoms with van der Waals surface area (Å²) in [5.41, 5.74) is 0.915. The summed E-state index contributed by atoms with van der Waals surface area (Å²) in [5.74, 6) is 0.974. The van der Waals surface area contributed by atoms with E-state index in [1.807, 2.05) is 42.5 Å². The Morgan fingerprint density at radius 2 is 2.00 bits per heavy atom. The Hall–Kier alpha value is -2.07. The van der Waals surface area contributed by atoms with E-state index in [0.29, 0.717) is 19.5 Å². The average molecular weight is 258 g/mol. The lowest BCUT2D eigenvalue weighted by molar-refractivity contribution is -0.118. The van der Waals surface area contributed by atoms with Crippen LogP contribution in [-0.4, -0.2) is 19.5 Å². The molecular weight excluding hydrogens is 240 g/mol. The fraction of sp³-hybridized carbons (Fsp3) is 0.267. The minimum Gasteiger partial charge on any atom is -0.468 e. The van der Waals surface area contributed by atoms with Crippen LogP contribution in [0.1, 0.15) is 12.2 Å². The molecule has 2 aromatic rings. The van der Waals surface area contributed by atoms with Crippen LogP contribution in [0.25, 0.3) is 0 Å². The third-order valence-corrected chi connectivity index (χ3v) is 2.91. The summed E-state index contributed by atoms with van der Waals surface area (Å²) in [5, 5.41) is 3.18. The first kappa shape index (κ1) is 13.4. The smallest absolute Gasteiger partial charge is 0.227 e.